The van der Waals surface area contributed by atoms with Crippen molar-refractivity contribution in [2.24, 2.45) is 0 Å². The highest BCUT2D eigenvalue weighted by molar-refractivity contribution is 5.69. The van der Waals surface area contributed by atoms with Crippen LogP contribution < -0.4 is 10.2 Å². The predicted octanol–water partition coefficient (Wildman–Crippen LogP) is 1.59. The topological polar surface area (TPSA) is 54.5 Å². The summed E-state index contributed by atoms with van der Waals surface area (Å²) in [6, 6.07) is 4.60. The molecule has 0 amide bonds. The van der Waals surface area contributed by atoms with E-state index in [2.05, 4.69) is 27.3 Å². The number of esters is 1. The number of pyridine rings is 1. The molecule has 0 spiro atoms. The van der Waals surface area contributed by atoms with Crippen molar-refractivity contribution in [1.82, 2.24) is 10.3 Å². The molecule has 0 unspecified atom stereocenters. The summed E-state index contributed by atoms with van der Waals surface area (Å²) in [5.74, 6) is -0.116. The summed E-state index contributed by atoms with van der Waals surface area (Å²) in [4.78, 5) is 17.7. The molecule has 0 saturated carbocycles. The molecule has 5 heteroatoms. The number of aromatic nitrogens is 1. The molecule has 1 N–H and O–H groups in total. The van der Waals surface area contributed by atoms with Crippen LogP contribution in [0.5, 0.6) is 0 Å². The van der Waals surface area contributed by atoms with Crippen LogP contribution in [0.1, 0.15) is 26.2 Å². The molecular formula is C15H23N3O2. The molecule has 0 atom stereocenters. The van der Waals surface area contributed by atoms with Gasteiger partial charge in [0.15, 0.2) is 0 Å². The fourth-order valence-electron chi connectivity index (χ4n) is 2.51. The molecule has 1 saturated heterocycles. The lowest BCUT2D eigenvalue weighted by Gasteiger charge is -2.34. The molecule has 0 aromatic carbocycles. The molecule has 20 heavy (non-hydrogen) atoms. The van der Waals surface area contributed by atoms with Crippen molar-refractivity contribution in [1.29, 1.82) is 0 Å². The van der Waals surface area contributed by atoms with Gasteiger partial charge in [-0.3, -0.25) is 9.78 Å². The smallest absolute Gasteiger partial charge is 0.307 e. The number of carbonyl (C=O) groups excluding carboxylic acids is 1. The van der Waals surface area contributed by atoms with Crippen molar-refractivity contribution in [2.75, 3.05) is 31.1 Å². The number of nitrogens with one attached hydrogen (secondary N) is 1. The number of carbonyl (C=O) groups is 1. The van der Waals surface area contributed by atoms with Crippen molar-refractivity contribution >= 4 is 11.7 Å². The zero-order valence-corrected chi connectivity index (χ0v) is 12.0. The summed E-state index contributed by atoms with van der Waals surface area (Å²) in [5.41, 5.74) is 1.24. The van der Waals surface area contributed by atoms with Gasteiger partial charge in [0.1, 0.15) is 0 Å². The summed E-state index contributed by atoms with van der Waals surface area (Å²) in [5, 5.41) is 3.44. The molecule has 1 aromatic rings. The summed E-state index contributed by atoms with van der Waals surface area (Å²) in [6.07, 6.45) is 6.33. The standard InChI is InChI=1S/C15H23N3O2/c1-2-20-15(19)5-10-17-13-6-11-18(12-7-13)14-3-8-16-9-4-14/h3-4,8-9,13,17H,2,5-7,10-12H2,1H3. The first-order valence-corrected chi connectivity index (χ1v) is 7.33. The number of hydrogen-bond acceptors (Lipinski definition) is 5. The Labute approximate surface area is 120 Å². The maximum absolute atomic E-state index is 11.2. The Morgan fingerprint density at radius 1 is 1.40 bits per heavy atom. The highest BCUT2D eigenvalue weighted by atomic mass is 16.5. The van der Waals surface area contributed by atoms with Gasteiger partial charge in [-0.2, -0.15) is 0 Å². The van der Waals surface area contributed by atoms with Crippen LogP contribution in [0.4, 0.5) is 5.69 Å². The third kappa shape index (κ3) is 4.49. The van der Waals surface area contributed by atoms with Gasteiger partial charge in [-0.25, -0.2) is 0 Å². The van der Waals surface area contributed by atoms with Crippen LogP contribution in [0, 0.1) is 0 Å². The number of hydrogen-bond donors (Lipinski definition) is 1. The van der Waals surface area contributed by atoms with Gasteiger partial charge in [0.25, 0.3) is 0 Å². The summed E-state index contributed by atoms with van der Waals surface area (Å²) in [6.45, 7) is 5.09. The van der Waals surface area contributed by atoms with Gasteiger partial charge in [-0.05, 0) is 31.9 Å². The lowest BCUT2D eigenvalue weighted by molar-refractivity contribution is -0.143. The Balaban J connectivity index is 1.66. The molecule has 1 fully saturated rings. The first-order chi connectivity index (χ1) is 9.79. The van der Waals surface area contributed by atoms with Crippen LogP contribution >= 0.6 is 0 Å². The summed E-state index contributed by atoms with van der Waals surface area (Å²) >= 11 is 0. The maximum atomic E-state index is 11.2. The second-order valence-electron chi connectivity index (χ2n) is 4.98. The second kappa shape index (κ2) is 7.85. The zero-order chi connectivity index (χ0) is 14.2. The molecule has 5 nitrogen and oxygen atoms in total. The Bertz CT molecular complexity index is 403. The largest absolute Gasteiger partial charge is 0.466 e. The minimum atomic E-state index is -0.116. The third-order valence-electron chi connectivity index (χ3n) is 3.59. The number of piperidine rings is 1. The van der Waals surface area contributed by atoms with E-state index in [4.69, 9.17) is 4.74 Å². The average Bonchev–Trinajstić information content (AvgIpc) is 2.49. The van der Waals surface area contributed by atoms with Crippen molar-refractivity contribution in [2.45, 2.75) is 32.2 Å². The van der Waals surface area contributed by atoms with E-state index in [1.165, 1.54) is 5.69 Å². The van der Waals surface area contributed by atoms with Gasteiger partial charge < -0.3 is 15.0 Å². The normalized spacial score (nSPS) is 16.1. The predicted molar refractivity (Wildman–Crippen MR) is 78.7 cm³/mol. The van der Waals surface area contributed by atoms with E-state index in [0.717, 1.165) is 25.9 Å². The van der Waals surface area contributed by atoms with Crippen molar-refractivity contribution in [3.63, 3.8) is 0 Å². The van der Waals surface area contributed by atoms with Gasteiger partial charge in [-0.1, -0.05) is 0 Å². The van der Waals surface area contributed by atoms with Gasteiger partial charge in [0.05, 0.1) is 13.0 Å². The lowest BCUT2D eigenvalue weighted by atomic mass is 10.0. The quantitative estimate of drug-likeness (QED) is 0.800. The monoisotopic (exact) mass is 277 g/mol. The lowest BCUT2D eigenvalue weighted by Crippen LogP contribution is -2.43. The zero-order valence-electron chi connectivity index (χ0n) is 12.0. The van der Waals surface area contributed by atoms with Crippen LogP contribution in [-0.4, -0.2) is 43.2 Å². The van der Waals surface area contributed by atoms with Crippen molar-refractivity contribution in [3.05, 3.63) is 24.5 Å². The molecule has 2 heterocycles. The Morgan fingerprint density at radius 2 is 2.10 bits per heavy atom. The molecule has 1 aromatic heterocycles. The molecule has 0 aliphatic carbocycles. The number of anilines is 1. The minimum Gasteiger partial charge on any atom is -0.466 e. The van der Waals surface area contributed by atoms with E-state index in [1.807, 2.05) is 19.3 Å². The average molecular weight is 277 g/mol. The highest BCUT2D eigenvalue weighted by Crippen LogP contribution is 2.18. The molecule has 1 aliphatic heterocycles. The van der Waals surface area contributed by atoms with Gasteiger partial charge in [-0.15, -0.1) is 0 Å². The number of nitrogens with zero attached hydrogens (tertiary/aromatic N) is 2. The fraction of sp³-hybridized carbons (Fsp3) is 0.600. The molecule has 2 rings (SSSR count). The minimum absolute atomic E-state index is 0.116. The maximum Gasteiger partial charge on any atom is 0.307 e. The molecular weight excluding hydrogens is 254 g/mol. The first-order valence-electron chi connectivity index (χ1n) is 7.33. The van der Waals surface area contributed by atoms with E-state index >= 15 is 0 Å². The molecule has 0 radical (unpaired) electrons. The number of rotatable bonds is 6. The SMILES string of the molecule is CCOC(=O)CCNC1CCN(c2ccncc2)CC1. The summed E-state index contributed by atoms with van der Waals surface area (Å²) < 4.78 is 4.91. The van der Waals surface area contributed by atoms with Crippen LogP contribution in [0.2, 0.25) is 0 Å². The Hall–Kier alpha value is -1.62. The van der Waals surface area contributed by atoms with Crippen molar-refractivity contribution in [3.8, 4) is 0 Å². The molecule has 0 bridgehead atoms. The van der Waals surface area contributed by atoms with Gasteiger partial charge in [0.2, 0.25) is 0 Å². The highest BCUT2D eigenvalue weighted by Gasteiger charge is 2.19. The Kier molecular flexibility index (Phi) is 5.80. The van der Waals surface area contributed by atoms with Gasteiger partial charge in [0, 0.05) is 43.8 Å². The van der Waals surface area contributed by atoms with Crippen LogP contribution in [0.25, 0.3) is 0 Å². The molecule has 110 valence electrons. The van der Waals surface area contributed by atoms with Crippen LogP contribution in [0.15, 0.2) is 24.5 Å². The third-order valence-corrected chi connectivity index (χ3v) is 3.59. The number of ether oxygens (including phenoxy) is 1. The fourth-order valence-corrected chi connectivity index (χ4v) is 2.51. The molecule has 1 aliphatic rings. The van der Waals surface area contributed by atoms with Crippen molar-refractivity contribution < 1.29 is 9.53 Å². The van der Waals surface area contributed by atoms with Crippen LogP contribution in [0.3, 0.4) is 0 Å². The van der Waals surface area contributed by atoms with Gasteiger partial charge >= 0.3 is 5.97 Å². The Morgan fingerprint density at radius 3 is 2.75 bits per heavy atom. The van der Waals surface area contributed by atoms with E-state index < -0.39 is 0 Å². The summed E-state index contributed by atoms with van der Waals surface area (Å²) in [7, 11) is 0. The van der Waals surface area contributed by atoms with E-state index in [-0.39, 0.29) is 5.97 Å². The van der Waals surface area contributed by atoms with E-state index in [0.29, 0.717) is 25.6 Å². The second-order valence-corrected chi connectivity index (χ2v) is 4.98. The van der Waals surface area contributed by atoms with E-state index in [9.17, 15) is 4.79 Å². The van der Waals surface area contributed by atoms with Crippen LogP contribution in [-0.2, 0) is 9.53 Å². The van der Waals surface area contributed by atoms with E-state index in [1.54, 1.807) is 0 Å². The first kappa shape index (κ1) is 14.8.